The minimum absolute atomic E-state index is 0.274. The molecule has 0 saturated carbocycles. The zero-order chi connectivity index (χ0) is 5.98. The molecule has 0 N–H and O–H groups in total. The third-order valence-corrected chi connectivity index (χ3v) is 1.60. The molecule has 0 unspecified atom stereocenters. The van der Waals surface area contributed by atoms with E-state index in [2.05, 4.69) is 39.4 Å². The van der Waals surface area contributed by atoms with Gasteiger partial charge in [-0.2, -0.15) is 10.2 Å². The Hall–Kier alpha value is -0.190. The number of hydrogen-bond acceptors (Lipinski definition) is 2. The largest absolute Gasteiger partial charge is 0.163 e. The summed E-state index contributed by atoms with van der Waals surface area (Å²) in [5.41, 5.74) is 0. The van der Waals surface area contributed by atoms with Crippen LogP contribution in [0.3, 0.4) is 0 Å². The van der Waals surface area contributed by atoms with E-state index in [1.807, 2.05) is 0 Å². The van der Waals surface area contributed by atoms with Gasteiger partial charge in [0, 0.05) is 12.4 Å². The van der Waals surface area contributed by atoms with Crippen LogP contribution in [0.2, 0.25) is 0 Å². The summed E-state index contributed by atoms with van der Waals surface area (Å²) in [6.45, 7) is 3.74. The quantitative estimate of drug-likeness (QED) is 0.600. The molecule has 1 aliphatic heterocycles. The Kier molecular flexibility index (Phi) is 1.77. The van der Waals surface area contributed by atoms with Crippen LogP contribution in [0.4, 0.5) is 0 Å². The second-order valence-electron chi connectivity index (χ2n) is 1.50. The van der Waals surface area contributed by atoms with Gasteiger partial charge in [0.2, 0.25) is 0 Å². The highest BCUT2D eigenvalue weighted by Crippen LogP contribution is 2.14. The molecule has 0 fully saturated rings. The van der Waals surface area contributed by atoms with Crippen molar-refractivity contribution in [2.45, 2.75) is 0 Å². The molecule has 0 aromatic heterocycles. The molecule has 0 aliphatic carbocycles. The number of hydrogen-bond donors (Lipinski definition) is 0. The van der Waals surface area contributed by atoms with Crippen molar-refractivity contribution in [3.63, 3.8) is 0 Å². The molecular weight excluding hydrogens is 215 g/mol. The van der Waals surface area contributed by atoms with Crippen LogP contribution >= 0.6 is 22.6 Å². The molecule has 8 heavy (non-hydrogen) atoms. The molecule has 0 spiro atoms. The molecule has 1 aliphatic rings. The van der Waals surface area contributed by atoms with E-state index in [0.717, 1.165) is 3.58 Å². The van der Waals surface area contributed by atoms with Gasteiger partial charge in [0.05, 0.1) is 5.92 Å². The second kappa shape index (κ2) is 2.39. The highest BCUT2D eigenvalue weighted by Gasteiger charge is 2.06. The van der Waals surface area contributed by atoms with Gasteiger partial charge in [-0.1, -0.05) is 6.58 Å². The molecule has 0 bridgehead atoms. The monoisotopic (exact) mass is 220 g/mol. The number of rotatable bonds is 1. The van der Waals surface area contributed by atoms with Gasteiger partial charge in [0.15, 0.2) is 0 Å². The van der Waals surface area contributed by atoms with Crippen LogP contribution in [0, 0.1) is 5.92 Å². The van der Waals surface area contributed by atoms with E-state index in [4.69, 9.17) is 0 Å². The van der Waals surface area contributed by atoms with E-state index >= 15 is 0 Å². The summed E-state index contributed by atoms with van der Waals surface area (Å²) in [4.78, 5) is 0. The molecule has 0 saturated heterocycles. The Labute approximate surface area is 61.5 Å². The van der Waals surface area contributed by atoms with Crippen molar-refractivity contribution >= 4 is 35.0 Å². The minimum atomic E-state index is 0.274. The van der Waals surface area contributed by atoms with E-state index in [0.29, 0.717) is 0 Å². The molecule has 1 heterocycles. The lowest BCUT2D eigenvalue weighted by atomic mass is 10.2. The SMILES string of the molecule is C=C(I)C1C=NN=C1. The van der Waals surface area contributed by atoms with Crippen molar-refractivity contribution in [2.24, 2.45) is 16.1 Å². The molecule has 0 amide bonds. The zero-order valence-electron chi connectivity index (χ0n) is 4.21. The van der Waals surface area contributed by atoms with E-state index in [9.17, 15) is 0 Å². The molecule has 0 radical (unpaired) electrons. The lowest BCUT2D eigenvalue weighted by molar-refractivity contribution is 1.29. The summed E-state index contributed by atoms with van der Waals surface area (Å²) >= 11 is 2.17. The highest BCUT2D eigenvalue weighted by atomic mass is 127. The molecule has 2 nitrogen and oxygen atoms in total. The topological polar surface area (TPSA) is 24.7 Å². The van der Waals surface area contributed by atoms with Gasteiger partial charge in [-0.15, -0.1) is 0 Å². The first-order valence-electron chi connectivity index (χ1n) is 2.21. The summed E-state index contributed by atoms with van der Waals surface area (Å²) in [5.74, 6) is 0.274. The van der Waals surface area contributed by atoms with Crippen LogP contribution < -0.4 is 0 Å². The van der Waals surface area contributed by atoms with Crippen molar-refractivity contribution in [2.75, 3.05) is 0 Å². The average molecular weight is 220 g/mol. The maximum absolute atomic E-state index is 3.74. The smallest absolute Gasteiger partial charge is 0.0635 e. The maximum atomic E-state index is 3.74. The molecule has 3 heteroatoms. The van der Waals surface area contributed by atoms with Crippen molar-refractivity contribution in [1.29, 1.82) is 0 Å². The first-order chi connectivity index (χ1) is 3.80. The van der Waals surface area contributed by atoms with Gasteiger partial charge in [-0.05, 0) is 26.2 Å². The number of nitrogens with zero attached hydrogens (tertiary/aromatic N) is 2. The lowest BCUT2D eigenvalue weighted by Crippen LogP contribution is -1.96. The minimum Gasteiger partial charge on any atom is -0.163 e. The summed E-state index contributed by atoms with van der Waals surface area (Å²) in [6, 6.07) is 0. The van der Waals surface area contributed by atoms with Crippen LogP contribution in [0.1, 0.15) is 0 Å². The first kappa shape index (κ1) is 5.94. The van der Waals surface area contributed by atoms with E-state index in [1.54, 1.807) is 12.4 Å². The number of halogens is 1. The third kappa shape index (κ3) is 1.15. The van der Waals surface area contributed by atoms with E-state index < -0.39 is 0 Å². The molecule has 0 aromatic rings. The Morgan fingerprint density at radius 3 is 2.25 bits per heavy atom. The third-order valence-electron chi connectivity index (χ3n) is 0.883. The van der Waals surface area contributed by atoms with Crippen LogP contribution in [-0.2, 0) is 0 Å². The average Bonchev–Trinajstić information content (AvgIpc) is 2.12. The second-order valence-corrected chi connectivity index (χ2v) is 2.89. The number of allylic oxidation sites excluding steroid dienone is 1. The fourth-order valence-corrected chi connectivity index (χ4v) is 0.742. The Bertz CT molecular complexity index is 148. The van der Waals surface area contributed by atoms with Gasteiger partial charge in [-0.3, -0.25) is 0 Å². The van der Waals surface area contributed by atoms with Crippen molar-refractivity contribution < 1.29 is 0 Å². The summed E-state index contributed by atoms with van der Waals surface area (Å²) < 4.78 is 1.06. The molecule has 1 rings (SSSR count). The summed E-state index contributed by atoms with van der Waals surface area (Å²) in [6.07, 6.45) is 3.55. The molecule has 0 aromatic carbocycles. The summed E-state index contributed by atoms with van der Waals surface area (Å²) in [7, 11) is 0. The first-order valence-corrected chi connectivity index (χ1v) is 3.29. The highest BCUT2D eigenvalue weighted by molar-refractivity contribution is 14.1. The van der Waals surface area contributed by atoms with Crippen molar-refractivity contribution in [3.05, 3.63) is 10.2 Å². The van der Waals surface area contributed by atoms with Gasteiger partial charge in [0.1, 0.15) is 0 Å². The van der Waals surface area contributed by atoms with Crippen LogP contribution in [0.5, 0.6) is 0 Å². The maximum Gasteiger partial charge on any atom is 0.0635 e. The normalized spacial score (nSPS) is 17.6. The summed E-state index contributed by atoms with van der Waals surface area (Å²) in [5, 5.41) is 7.33. The van der Waals surface area contributed by atoms with Gasteiger partial charge in [0.25, 0.3) is 0 Å². The predicted octanol–water partition coefficient (Wildman–Crippen LogP) is 1.62. The lowest BCUT2D eigenvalue weighted by Gasteiger charge is -1.93. The predicted molar refractivity (Wildman–Crippen MR) is 43.6 cm³/mol. The zero-order valence-corrected chi connectivity index (χ0v) is 6.37. The van der Waals surface area contributed by atoms with E-state index in [1.165, 1.54) is 0 Å². The fourth-order valence-electron chi connectivity index (χ4n) is 0.421. The standard InChI is InChI=1S/C5H5IN2/c1-4(6)5-2-7-8-3-5/h2-3,5H,1H2. The Balaban J connectivity index is 2.62. The van der Waals surface area contributed by atoms with Crippen molar-refractivity contribution in [1.82, 2.24) is 0 Å². The molecule has 0 atom stereocenters. The van der Waals surface area contributed by atoms with Crippen LogP contribution in [0.25, 0.3) is 0 Å². The van der Waals surface area contributed by atoms with Gasteiger partial charge in [-0.25, -0.2) is 0 Å². The van der Waals surface area contributed by atoms with Gasteiger partial charge >= 0.3 is 0 Å². The van der Waals surface area contributed by atoms with Crippen LogP contribution in [-0.4, -0.2) is 12.4 Å². The Morgan fingerprint density at radius 1 is 1.50 bits per heavy atom. The van der Waals surface area contributed by atoms with Crippen molar-refractivity contribution in [3.8, 4) is 0 Å². The Morgan fingerprint density at radius 2 is 2.00 bits per heavy atom. The van der Waals surface area contributed by atoms with Gasteiger partial charge < -0.3 is 0 Å². The van der Waals surface area contributed by atoms with E-state index in [-0.39, 0.29) is 5.92 Å². The van der Waals surface area contributed by atoms with Crippen LogP contribution in [0.15, 0.2) is 20.4 Å². The molecule has 42 valence electrons. The molecular formula is C5H5IN2. The fraction of sp³-hybridized carbons (Fsp3) is 0.200.